The summed E-state index contributed by atoms with van der Waals surface area (Å²) in [4.78, 5) is 8.49. The second kappa shape index (κ2) is 8.84. The minimum Gasteiger partial charge on any atom is -0.383 e. The predicted molar refractivity (Wildman–Crippen MR) is 107 cm³/mol. The van der Waals surface area contributed by atoms with Crippen LogP contribution in [0.1, 0.15) is 34.7 Å². The van der Waals surface area contributed by atoms with Crippen molar-refractivity contribution in [2.24, 2.45) is 0 Å². The SMILES string of the molecule is C#CCN(C)Cc1nc(C2(O)CCN(Cc3ccccc3C(F)(F)F)CC2)cs1. The van der Waals surface area contributed by atoms with Gasteiger partial charge < -0.3 is 5.11 Å². The Bertz CT molecular complexity index is 867. The fourth-order valence-electron chi connectivity index (χ4n) is 3.55. The Morgan fingerprint density at radius 3 is 2.66 bits per heavy atom. The number of likely N-dealkylation sites (tertiary alicyclic amines) is 1. The van der Waals surface area contributed by atoms with Crippen molar-refractivity contribution < 1.29 is 18.3 Å². The molecule has 0 radical (unpaired) electrons. The van der Waals surface area contributed by atoms with Gasteiger partial charge in [0.15, 0.2) is 0 Å². The van der Waals surface area contributed by atoms with Crippen LogP contribution < -0.4 is 0 Å². The van der Waals surface area contributed by atoms with Gasteiger partial charge in [-0.05, 0) is 31.5 Å². The maximum atomic E-state index is 13.2. The van der Waals surface area contributed by atoms with Crippen molar-refractivity contribution in [2.75, 3.05) is 26.7 Å². The second-order valence-electron chi connectivity index (χ2n) is 7.47. The van der Waals surface area contributed by atoms with E-state index in [-0.39, 0.29) is 12.1 Å². The molecule has 1 aliphatic rings. The summed E-state index contributed by atoms with van der Waals surface area (Å²) < 4.78 is 39.6. The van der Waals surface area contributed by atoms with E-state index in [1.807, 2.05) is 22.2 Å². The van der Waals surface area contributed by atoms with E-state index in [4.69, 9.17) is 6.42 Å². The van der Waals surface area contributed by atoms with Crippen LogP contribution in [0.15, 0.2) is 29.6 Å². The molecule has 8 heteroatoms. The number of hydrogen-bond donors (Lipinski definition) is 1. The molecule has 4 nitrogen and oxygen atoms in total. The topological polar surface area (TPSA) is 39.6 Å². The molecule has 156 valence electrons. The number of rotatable bonds is 6. The van der Waals surface area contributed by atoms with E-state index in [0.29, 0.717) is 44.7 Å². The Morgan fingerprint density at radius 1 is 1.31 bits per heavy atom. The summed E-state index contributed by atoms with van der Waals surface area (Å²) in [6.07, 6.45) is 1.82. The first-order valence-corrected chi connectivity index (χ1v) is 10.3. The number of aliphatic hydroxyl groups is 1. The zero-order valence-corrected chi connectivity index (χ0v) is 17.1. The molecular formula is C21H24F3N3OS. The fraction of sp³-hybridized carbons (Fsp3) is 0.476. The van der Waals surface area contributed by atoms with Crippen molar-refractivity contribution in [3.63, 3.8) is 0 Å². The summed E-state index contributed by atoms with van der Waals surface area (Å²) in [5.74, 6) is 2.58. The van der Waals surface area contributed by atoms with Crippen LogP contribution in [-0.2, 0) is 24.9 Å². The number of piperidine rings is 1. The Morgan fingerprint density at radius 2 is 2.00 bits per heavy atom. The summed E-state index contributed by atoms with van der Waals surface area (Å²) in [7, 11) is 1.91. The first kappa shape index (κ1) is 21.8. The number of nitrogens with zero attached hydrogens (tertiary/aromatic N) is 3. The second-order valence-corrected chi connectivity index (χ2v) is 8.41. The molecule has 1 aromatic heterocycles. The Balaban J connectivity index is 1.62. The van der Waals surface area contributed by atoms with Crippen LogP contribution in [0.3, 0.4) is 0 Å². The molecule has 1 aliphatic heterocycles. The zero-order valence-electron chi connectivity index (χ0n) is 16.2. The van der Waals surface area contributed by atoms with Gasteiger partial charge in [-0.25, -0.2) is 4.98 Å². The van der Waals surface area contributed by atoms with Crippen molar-refractivity contribution in [1.82, 2.24) is 14.8 Å². The molecule has 0 saturated carbocycles. The highest BCUT2D eigenvalue weighted by molar-refractivity contribution is 7.09. The summed E-state index contributed by atoms with van der Waals surface area (Å²) in [5.41, 5.74) is -0.736. The van der Waals surface area contributed by atoms with Gasteiger partial charge in [0, 0.05) is 25.0 Å². The van der Waals surface area contributed by atoms with Gasteiger partial charge in [-0.1, -0.05) is 24.1 Å². The van der Waals surface area contributed by atoms with Gasteiger partial charge in [0.1, 0.15) is 10.6 Å². The number of thiazole rings is 1. The van der Waals surface area contributed by atoms with Gasteiger partial charge in [-0.3, -0.25) is 9.80 Å². The van der Waals surface area contributed by atoms with E-state index in [2.05, 4.69) is 10.9 Å². The van der Waals surface area contributed by atoms with E-state index in [1.165, 1.54) is 23.5 Å². The van der Waals surface area contributed by atoms with Crippen molar-refractivity contribution >= 4 is 11.3 Å². The fourth-order valence-corrected chi connectivity index (χ4v) is 4.52. The highest BCUT2D eigenvalue weighted by Crippen LogP contribution is 2.36. The summed E-state index contributed by atoms with van der Waals surface area (Å²) in [6.45, 7) is 2.36. The predicted octanol–water partition coefficient (Wildman–Crippen LogP) is 3.71. The third kappa shape index (κ3) is 5.37. The summed E-state index contributed by atoms with van der Waals surface area (Å²) >= 11 is 1.48. The third-order valence-electron chi connectivity index (χ3n) is 5.19. The molecule has 0 bridgehead atoms. The highest BCUT2D eigenvalue weighted by atomic mass is 32.1. The summed E-state index contributed by atoms with van der Waals surface area (Å²) in [6, 6.07) is 5.66. The Hall–Kier alpha value is -1.92. The average Bonchev–Trinajstić information content (AvgIpc) is 3.13. The van der Waals surface area contributed by atoms with Crippen LogP contribution in [0.25, 0.3) is 0 Å². The van der Waals surface area contributed by atoms with Crippen LogP contribution >= 0.6 is 11.3 Å². The van der Waals surface area contributed by atoms with Crippen molar-refractivity contribution in [3.05, 3.63) is 51.5 Å². The summed E-state index contributed by atoms with van der Waals surface area (Å²) in [5, 5.41) is 13.8. The number of terminal acetylenes is 1. The number of alkyl halides is 3. The van der Waals surface area contributed by atoms with Crippen molar-refractivity contribution in [3.8, 4) is 12.3 Å². The molecule has 1 aromatic carbocycles. The van der Waals surface area contributed by atoms with Gasteiger partial charge >= 0.3 is 6.18 Å². The largest absolute Gasteiger partial charge is 0.416 e. The molecule has 0 aliphatic carbocycles. The maximum absolute atomic E-state index is 13.2. The first-order chi connectivity index (χ1) is 13.7. The minimum atomic E-state index is -4.36. The number of aromatic nitrogens is 1. The average molecular weight is 424 g/mol. The van der Waals surface area contributed by atoms with E-state index in [9.17, 15) is 18.3 Å². The molecule has 29 heavy (non-hydrogen) atoms. The van der Waals surface area contributed by atoms with Crippen LogP contribution in [-0.4, -0.2) is 46.6 Å². The molecular weight excluding hydrogens is 399 g/mol. The smallest absolute Gasteiger partial charge is 0.383 e. The van der Waals surface area contributed by atoms with Crippen LogP contribution in [0, 0.1) is 12.3 Å². The number of benzene rings is 1. The Labute approximate surface area is 173 Å². The molecule has 1 fully saturated rings. The minimum absolute atomic E-state index is 0.213. The van der Waals surface area contributed by atoms with Gasteiger partial charge in [0.25, 0.3) is 0 Å². The lowest BCUT2D eigenvalue weighted by Crippen LogP contribution is -2.42. The number of halogens is 3. The van der Waals surface area contributed by atoms with E-state index >= 15 is 0 Å². The molecule has 2 aromatic rings. The zero-order chi connectivity index (χ0) is 21.1. The molecule has 1 N–H and O–H groups in total. The van der Waals surface area contributed by atoms with Crippen LogP contribution in [0.4, 0.5) is 13.2 Å². The van der Waals surface area contributed by atoms with Crippen LogP contribution in [0.2, 0.25) is 0 Å². The lowest BCUT2D eigenvalue weighted by molar-refractivity contribution is -0.138. The van der Waals surface area contributed by atoms with E-state index < -0.39 is 17.3 Å². The molecule has 0 atom stereocenters. The molecule has 2 heterocycles. The number of hydrogen-bond acceptors (Lipinski definition) is 5. The standard InChI is InChI=1S/C21H24F3N3OS/c1-3-10-26(2)14-19-25-18(15-29-19)20(28)8-11-27(12-9-20)13-16-6-4-5-7-17(16)21(22,23)24/h1,4-7,15,28H,8-14H2,2H3. The monoisotopic (exact) mass is 423 g/mol. The van der Waals surface area contributed by atoms with Gasteiger partial charge in [-0.2, -0.15) is 13.2 Å². The Kier molecular flexibility index (Phi) is 6.64. The molecule has 3 rings (SSSR count). The lowest BCUT2D eigenvalue weighted by Gasteiger charge is -2.37. The molecule has 0 amide bonds. The van der Waals surface area contributed by atoms with Crippen molar-refractivity contribution in [1.29, 1.82) is 0 Å². The van der Waals surface area contributed by atoms with Crippen LogP contribution in [0.5, 0.6) is 0 Å². The quantitative estimate of drug-likeness (QED) is 0.719. The van der Waals surface area contributed by atoms with E-state index in [1.54, 1.807) is 6.07 Å². The van der Waals surface area contributed by atoms with Gasteiger partial charge in [0.05, 0.1) is 24.3 Å². The molecule has 0 unspecified atom stereocenters. The molecule has 1 saturated heterocycles. The molecule has 0 spiro atoms. The maximum Gasteiger partial charge on any atom is 0.416 e. The van der Waals surface area contributed by atoms with E-state index in [0.717, 1.165) is 11.1 Å². The first-order valence-electron chi connectivity index (χ1n) is 9.38. The van der Waals surface area contributed by atoms with Gasteiger partial charge in [0.2, 0.25) is 0 Å². The highest BCUT2D eigenvalue weighted by Gasteiger charge is 2.37. The van der Waals surface area contributed by atoms with Crippen molar-refractivity contribution in [2.45, 2.75) is 37.7 Å². The third-order valence-corrected chi connectivity index (χ3v) is 6.03. The van der Waals surface area contributed by atoms with Gasteiger partial charge in [-0.15, -0.1) is 17.8 Å². The lowest BCUT2D eigenvalue weighted by atomic mass is 9.88. The normalized spacial score (nSPS) is 17.4.